The van der Waals surface area contributed by atoms with Crippen molar-refractivity contribution < 1.29 is 28.6 Å². The van der Waals surface area contributed by atoms with E-state index >= 15 is 0 Å². The summed E-state index contributed by atoms with van der Waals surface area (Å²) in [7, 11) is 0. The number of hydrogen-bond donors (Lipinski definition) is 0. The zero-order chi connectivity index (χ0) is 49.3. The first-order valence-electron chi connectivity index (χ1n) is 29.3. The second-order valence-corrected chi connectivity index (χ2v) is 19.5. The lowest BCUT2D eigenvalue weighted by atomic mass is 10.0. The Hall–Kier alpha value is -2.89. The molecule has 0 amide bonds. The molecule has 0 aliphatic heterocycles. The first-order chi connectivity index (χ1) is 33.5. The summed E-state index contributed by atoms with van der Waals surface area (Å²) in [6.45, 7) is 6.51. The minimum Gasteiger partial charge on any atom is -0.462 e. The predicted octanol–water partition coefficient (Wildman–Crippen LogP) is 19.6. The van der Waals surface area contributed by atoms with Crippen LogP contribution in [0.5, 0.6) is 0 Å². The van der Waals surface area contributed by atoms with Crippen LogP contribution in [0.2, 0.25) is 0 Å². The SMILES string of the molecule is CC/C=C\C/C=C\C/C=C\C/C=C\CCCCCCCCC(=O)OC(COC(=O)CCCCCCCCCC)COC(=O)CCCCCCCCCCCCC/C=C\CCCCCCCCCC. The van der Waals surface area contributed by atoms with Crippen LogP contribution in [0, 0.1) is 0 Å². The zero-order valence-electron chi connectivity index (χ0n) is 45.1. The molecule has 0 aromatic heterocycles. The molecule has 68 heavy (non-hydrogen) atoms. The Morgan fingerprint density at radius 2 is 0.574 bits per heavy atom. The molecule has 0 rings (SSSR count). The third-order valence-corrected chi connectivity index (χ3v) is 12.8. The molecule has 0 heterocycles. The molecule has 6 heteroatoms. The highest BCUT2D eigenvalue weighted by Crippen LogP contribution is 2.16. The average molecular weight is 952 g/mol. The van der Waals surface area contributed by atoms with Crippen molar-refractivity contribution >= 4 is 17.9 Å². The van der Waals surface area contributed by atoms with E-state index in [2.05, 4.69) is 81.5 Å². The molecule has 0 aliphatic carbocycles. The molecule has 0 saturated heterocycles. The van der Waals surface area contributed by atoms with Crippen LogP contribution >= 0.6 is 0 Å². The predicted molar refractivity (Wildman–Crippen MR) is 293 cm³/mol. The Labute approximate surface area is 421 Å². The highest BCUT2D eigenvalue weighted by molar-refractivity contribution is 5.71. The molecule has 0 spiro atoms. The Balaban J connectivity index is 4.22. The number of unbranched alkanes of at least 4 members (excludes halogenated alkanes) is 32. The third-order valence-electron chi connectivity index (χ3n) is 12.8. The number of carbonyl (C=O) groups excluding carboxylic acids is 3. The number of ether oxygens (including phenoxy) is 3. The van der Waals surface area contributed by atoms with E-state index < -0.39 is 6.10 Å². The van der Waals surface area contributed by atoms with Crippen molar-refractivity contribution in [2.75, 3.05) is 13.2 Å². The van der Waals surface area contributed by atoms with Gasteiger partial charge in [-0.15, -0.1) is 0 Å². The van der Waals surface area contributed by atoms with Crippen LogP contribution in [0.15, 0.2) is 60.8 Å². The lowest BCUT2D eigenvalue weighted by molar-refractivity contribution is -0.167. The van der Waals surface area contributed by atoms with Gasteiger partial charge in [0.05, 0.1) is 0 Å². The van der Waals surface area contributed by atoms with Crippen LogP contribution in [0.4, 0.5) is 0 Å². The molecule has 0 N–H and O–H groups in total. The van der Waals surface area contributed by atoms with Gasteiger partial charge in [-0.3, -0.25) is 14.4 Å². The van der Waals surface area contributed by atoms with Gasteiger partial charge in [-0.25, -0.2) is 0 Å². The smallest absolute Gasteiger partial charge is 0.306 e. The van der Waals surface area contributed by atoms with Crippen LogP contribution < -0.4 is 0 Å². The number of carbonyl (C=O) groups is 3. The van der Waals surface area contributed by atoms with Crippen LogP contribution in [0.25, 0.3) is 0 Å². The summed E-state index contributed by atoms with van der Waals surface area (Å²) >= 11 is 0. The third kappa shape index (κ3) is 54.1. The van der Waals surface area contributed by atoms with Crippen molar-refractivity contribution in [3.05, 3.63) is 60.8 Å². The molecule has 1 unspecified atom stereocenters. The Morgan fingerprint density at radius 1 is 0.309 bits per heavy atom. The van der Waals surface area contributed by atoms with Crippen LogP contribution in [-0.4, -0.2) is 37.2 Å². The van der Waals surface area contributed by atoms with Gasteiger partial charge < -0.3 is 14.2 Å². The fraction of sp³-hybridized carbons (Fsp3) is 0.790. The normalized spacial score (nSPS) is 12.5. The van der Waals surface area contributed by atoms with Crippen LogP contribution in [-0.2, 0) is 28.6 Å². The summed E-state index contributed by atoms with van der Waals surface area (Å²) < 4.78 is 16.8. The van der Waals surface area contributed by atoms with Crippen LogP contribution in [0.3, 0.4) is 0 Å². The molecule has 0 aliphatic rings. The quantitative estimate of drug-likeness (QED) is 0.0262. The summed E-state index contributed by atoms with van der Waals surface area (Å²) in [6, 6.07) is 0. The van der Waals surface area contributed by atoms with Gasteiger partial charge in [0.1, 0.15) is 13.2 Å². The van der Waals surface area contributed by atoms with Gasteiger partial charge in [0.15, 0.2) is 6.10 Å². The minimum atomic E-state index is -0.779. The summed E-state index contributed by atoms with van der Waals surface area (Å²) in [4.78, 5) is 38.0. The first-order valence-corrected chi connectivity index (χ1v) is 29.3. The summed E-state index contributed by atoms with van der Waals surface area (Å²) in [5.41, 5.74) is 0. The fourth-order valence-corrected chi connectivity index (χ4v) is 8.37. The van der Waals surface area contributed by atoms with Gasteiger partial charge in [0.25, 0.3) is 0 Å². The van der Waals surface area contributed by atoms with Crippen LogP contribution in [0.1, 0.15) is 297 Å². The van der Waals surface area contributed by atoms with Gasteiger partial charge >= 0.3 is 17.9 Å². The first kappa shape index (κ1) is 65.1. The topological polar surface area (TPSA) is 78.9 Å². The molecule has 0 aromatic carbocycles. The van der Waals surface area contributed by atoms with Gasteiger partial charge in [-0.2, -0.15) is 0 Å². The lowest BCUT2D eigenvalue weighted by Gasteiger charge is -2.18. The second kappa shape index (κ2) is 56.7. The second-order valence-electron chi connectivity index (χ2n) is 19.5. The van der Waals surface area contributed by atoms with E-state index in [1.165, 1.54) is 161 Å². The maximum atomic E-state index is 12.8. The van der Waals surface area contributed by atoms with Gasteiger partial charge in [-0.05, 0) is 83.5 Å². The van der Waals surface area contributed by atoms with Gasteiger partial charge in [-0.1, -0.05) is 255 Å². The van der Waals surface area contributed by atoms with Gasteiger partial charge in [0.2, 0.25) is 0 Å². The standard InChI is InChI=1S/C62H110O6/c1-4-7-10-13-16-19-21-23-25-27-29-30-31-32-34-35-37-39-41-43-46-49-52-55-61(64)67-58-59(57-66-60(63)54-51-48-45-18-15-12-9-6-3)68-62(65)56-53-50-47-44-42-40-38-36-33-28-26-24-22-20-17-14-11-8-5-2/h8,11,17,20,24,26-27,29,33,36,59H,4-7,9-10,12-16,18-19,21-23,25,28,30-32,34-35,37-58H2,1-3H3/b11-8-,20-17-,26-24-,29-27-,36-33-. The minimum absolute atomic E-state index is 0.0784. The molecule has 0 aromatic rings. The number of hydrogen-bond acceptors (Lipinski definition) is 6. The highest BCUT2D eigenvalue weighted by Gasteiger charge is 2.19. The highest BCUT2D eigenvalue weighted by atomic mass is 16.6. The number of esters is 3. The molecule has 0 fully saturated rings. The zero-order valence-corrected chi connectivity index (χ0v) is 45.1. The average Bonchev–Trinajstić information content (AvgIpc) is 3.34. The summed E-state index contributed by atoms with van der Waals surface area (Å²) in [5.74, 6) is -0.887. The Kier molecular flexibility index (Phi) is 54.3. The van der Waals surface area contributed by atoms with E-state index in [4.69, 9.17) is 14.2 Å². The molecule has 6 nitrogen and oxygen atoms in total. The van der Waals surface area contributed by atoms with E-state index in [1.807, 2.05) is 0 Å². The number of allylic oxidation sites excluding steroid dienone is 10. The molecule has 394 valence electrons. The molecular formula is C62H110O6. The molecule has 0 saturated carbocycles. The van der Waals surface area contributed by atoms with Crippen molar-refractivity contribution in [2.24, 2.45) is 0 Å². The van der Waals surface area contributed by atoms with E-state index in [9.17, 15) is 14.4 Å². The lowest BCUT2D eigenvalue weighted by Crippen LogP contribution is -2.30. The number of rotatable bonds is 53. The monoisotopic (exact) mass is 951 g/mol. The molecular weight excluding hydrogens is 841 g/mol. The molecule has 1 atom stereocenters. The summed E-state index contributed by atoms with van der Waals surface area (Å²) in [6.07, 6.45) is 70.9. The van der Waals surface area contributed by atoms with Crippen molar-refractivity contribution in [3.63, 3.8) is 0 Å². The van der Waals surface area contributed by atoms with Crippen molar-refractivity contribution in [1.29, 1.82) is 0 Å². The Morgan fingerprint density at radius 3 is 0.912 bits per heavy atom. The van der Waals surface area contributed by atoms with E-state index in [-0.39, 0.29) is 31.1 Å². The van der Waals surface area contributed by atoms with E-state index in [0.29, 0.717) is 19.3 Å². The fourth-order valence-electron chi connectivity index (χ4n) is 8.37. The largest absolute Gasteiger partial charge is 0.462 e. The Bertz CT molecular complexity index is 1230. The maximum Gasteiger partial charge on any atom is 0.306 e. The molecule has 0 radical (unpaired) electrons. The summed E-state index contributed by atoms with van der Waals surface area (Å²) in [5, 5.41) is 0. The maximum absolute atomic E-state index is 12.8. The van der Waals surface area contributed by atoms with E-state index in [0.717, 1.165) is 96.3 Å². The van der Waals surface area contributed by atoms with Gasteiger partial charge in [0, 0.05) is 19.3 Å². The van der Waals surface area contributed by atoms with Crippen molar-refractivity contribution in [1.82, 2.24) is 0 Å². The van der Waals surface area contributed by atoms with E-state index in [1.54, 1.807) is 0 Å². The molecule has 0 bridgehead atoms. The van der Waals surface area contributed by atoms with Crippen molar-refractivity contribution in [3.8, 4) is 0 Å². The van der Waals surface area contributed by atoms with Crippen molar-refractivity contribution in [2.45, 2.75) is 303 Å².